The number of fused-ring (bicyclic) bond motifs is 1. The summed E-state index contributed by atoms with van der Waals surface area (Å²) in [6, 6.07) is 8.92. The summed E-state index contributed by atoms with van der Waals surface area (Å²) in [4.78, 5) is 12.2. The number of ether oxygens (including phenoxy) is 2. The van der Waals surface area contributed by atoms with Crippen LogP contribution in [0.25, 0.3) is 11.1 Å². The molecule has 0 bridgehead atoms. The Bertz CT molecular complexity index is 881. The third-order valence-corrected chi connectivity index (χ3v) is 3.53. The average molecular weight is 311 g/mol. The van der Waals surface area contributed by atoms with Gasteiger partial charge >= 0.3 is 0 Å². The Morgan fingerprint density at radius 1 is 1.22 bits per heavy atom. The summed E-state index contributed by atoms with van der Waals surface area (Å²) in [5.74, 6) is 2.44. The predicted molar refractivity (Wildman–Crippen MR) is 81.5 cm³/mol. The number of nitrogens with one attached hydrogen (secondary N) is 2. The van der Waals surface area contributed by atoms with Crippen molar-refractivity contribution < 1.29 is 18.7 Å². The molecule has 7 nitrogen and oxygen atoms in total. The quantitative estimate of drug-likeness (QED) is 0.776. The van der Waals surface area contributed by atoms with Crippen molar-refractivity contribution in [1.29, 1.82) is 0 Å². The van der Waals surface area contributed by atoms with Gasteiger partial charge in [-0.3, -0.25) is 9.89 Å². The number of aromatic amines is 1. The SMILES string of the molecule is Cc1ccc(C(=O)Nc2[nH]ncc2-c2ccc3c(c2)OCO3)o1. The number of aryl methyl sites for hydroxylation is 1. The van der Waals surface area contributed by atoms with E-state index in [1.54, 1.807) is 25.3 Å². The van der Waals surface area contributed by atoms with E-state index >= 15 is 0 Å². The van der Waals surface area contributed by atoms with Gasteiger partial charge < -0.3 is 19.2 Å². The lowest BCUT2D eigenvalue weighted by molar-refractivity contribution is 0.0995. The number of furan rings is 1. The average Bonchev–Trinajstić information content (AvgIpc) is 3.26. The number of anilines is 1. The molecule has 0 unspecified atom stereocenters. The van der Waals surface area contributed by atoms with Crippen molar-refractivity contribution in [3.63, 3.8) is 0 Å². The van der Waals surface area contributed by atoms with Crippen molar-refractivity contribution in [3.05, 3.63) is 48.0 Å². The summed E-state index contributed by atoms with van der Waals surface area (Å²) in [5, 5.41) is 9.55. The molecule has 3 aromatic rings. The van der Waals surface area contributed by atoms with Gasteiger partial charge in [0.25, 0.3) is 5.91 Å². The monoisotopic (exact) mass is 311 g/mol. The molecule has 2 N–H and O–H groups in total. The summed E-state index contributed by atoms with van der Waals surface area (Å²) >= 11 is 0. The normalized spacial score (nSPS) is 12.4. The fraction of sp³-hybridized carbons (Fsp3) is 0.125. The van der Waals surface area contributed by atoms with Crippen molar-refractivity contribution in [2.24, 2.45) is 0 Å². The molecule has 7 heteroatoms. The van der Waals surface area contributed by atoms with Crippen LogP contribution in [0.2, 0.25) is 0 Å². The molecule has 1 aliphatic heterocycles. The van der Waals surface area contributed by atoms with E-state index in [0.717, 1.165) is 11.1 Å². The lowest BCUT2D eigenvalue weighted by Gasteiger charge is -2.05. The molecule has 116 valence electrons. The molecule has 1 aromatic carbocycles. The van der Waals surface area contributed by atoms with Crippen molar-refractivity contribution in [2.45, 2.75) is 6.92 Å². The van der Waals surface area contributed by atoms with Crippen LogP contribution in [-0.2, 0) is 0 Å². The van der Waals surface area contributed by atoms with Crippen LogP contribution in [0, 0.1) is 6.92 Å². The smallest absolute Gasteiger partial charge is 0.292 e. The van der Waals surface area contributed by atoms with Crippen LogP contribution >= 0.6 is 0 Å². The Kier molecular flexibility index (Phi) is 3.04. The van der Waals surface area contributed by atoms with Gasteiger partial charge in [0.05, 0.1) is 6.20 Å². The van der Waals surface area contributed by atoms with Crippen LogP contribution in [0.5, 0.6) is 11.5 Å². The minimum Gasteiger partial charge on any atom is -0.456 e. The number of nitrogens with zero attached hydrogens (tertiary/aromatic N) is 1. The van der Waals surface area contributed by atoms with Crippen molar-refractivity contribution in [1.82, 2.24) is 10.2 Å². The largest absolute Gasteiger partial charge is 0.456 e. The number of carbonyl (C=O) groups excluding carboxylic acids is 1. The van der Waals surface area contributed by atoms with Crippen LogP contribution in [0.3, 0.4) is 0 Å². The van der Waals surface area contributed by atoms with Crippen molar-refractivity contribution in [2.75, 3.05) is 12.1 Å². The maximum atomic E-state index is 12.2. The molecule has 2 aromatic heterocycles. The molecule has 0 spiro atoms. The van der Waals surface area contributed by atoms with Crippen LogP contribution in [0.1, 0.15) is 16.3 Å². The number of H-pyrrole nitrogens is 1. The van der Waals surface area contributed by atoms with Crippen LogP contribution in [-0.4, -0.2) is 22.9 Å². The summed E-state index contributed by atoms with van der Waals surface area (Å²) in [6.45, 7) is 2.00. The van der Waals surface area contributed by atoms with E-state index in [2.05, 4.69) is 15.5 Å². The van der Waals surface area contributed by atoms with Gasteiger partial charge in [0.2, 0.25) is 6.79 Å². The van der Waals surface area contributed by atoms with Gasteiger partial charge in [-0.25, -0.2) is 0 Å². The first kappa shape index (κ1) is 13.4. The summed E-state index contributed by atoms with van der Waals surface area (Å²) in [6.07, 6.45) is 1.64. The molecule has 4 rings (SSSR count). The van der Waals surface area contributed by atoms with Gasteiger partial charge in [-0.2, -0.15) is 5.10 Å². The zero-order valence-corrected chi connectivity index (χ0v) is 12.3. The summed E-state index contributed by atoms with van der Waals surface area (Å²) < 4.78 is 16.0. The van der Waals surface area contributed by atoms with Gasteiger partial charge in [-0.15, -0.1) is 0 Å². The standard InChI is InChI=1S/C16H13N3O4/c1-9-2-4-13(23-9)16(20)18-15-11(7-17-19-15)10-3-5-12-14(6-10)22-8-21-12/h2-7H,8H2,1H3,(H2,17,18,19,20). The van der Waals surface area contributed by atoms with Crippen LogP contribution < -0.4 is 14.8 Å². The first-order valence-corrected chi connectivity index (χ1v) is 7.02. The Labute approximate surface area is 131 Å². The lowest BCUT2D eigenvalue weighted by Crippen LogP contribution is -2.11. The van der Waals surface area contributed by atoms with E-state index in [4.69, 9.17) is 13.9 Å². The third-order valence-electron chi connectivity index (χ3n) is 3.53. The number of amides is 1. The Balaban J connectivity index is 1.62. The highest BCUT2D eigenvalue weighted by Gasteiger charge is 2.18. The molecule has 1 aliphatic rings. The second kappa shape index (κ2) is 5.20. The van der Waals surface area contributed by atoms with Crippen molar-refractivity contribution in [3.8, 4) is 22.6 Å². The van der Waals surface area contributed by atoms with Gasteiger partial charge in [0.15, 0.2) is 17.3 Å². The highest BCUT2D eigenvalue weighted by molar-refractivity contribution is 6.03. The molecular weight excluding hydrogens is 298 g/mol. The number of carbonyl (C=O) groups is 1. The number of hydrogen-bond acceptors (Lipinski definition) is 5. The van der Waals surface area contributed by atoms with Gasteiger partial charge in [-0.05, 0) is 36.8 Å². The highest BCUT2D eigenvalue weighted by Crippen LogP contribution is 2.37. The molecule has 23 heavy (non-hydrogen) atoms. The number of benzene rings is 1. The van der Waals surface area contributed by atoms with E-state index < -0.39 is 0 Å². The van der Waals surface area contributed by atoms with E-state index in [1.807, 2.05) is 18.2 Å². The molecule has 0 radical (unpaired) electrons. The zero-order valence-electron chi connectivity index (χ0n) is 12.3. The molecule has 0 saturated carbocycles. The molecule has 0 atom stereocenters. The molecule has 3 heterocycles. The van der Waals surface area contributed by atoms with E-state index in [-0.39, 0.29) is 18.5 Å². The number of aromatic nitrogens is 2. The maximum absolute atomic E-state index is 12.2. The number of rotatable bonds is 3. The zero-order chi connectivity index (χ0) is 15.8. The van der Waals surface area contributed by atoms with Gasteiger partial charge in [-0.1, -0.05) is 6.07 Å². The number of hydrogen-bond donors (Lipinski definition) is 2. The van der Waals surface area contributed by atoms with E-state index in [0.29, 0.717) is 23.1 Å². The Hall–Kier alpha value is -3.22. The first-order valence-electron chi connectivity index (χ1n) is 7.02. The first-order chi connectivity index (χ1) is 11.2. The van der Waals surface area contributed by atoms with E-state index in [9.17, 15) is 4.79 Å². The van der Waals surface area contributed by atoms with Gasteiger partial charge in [0.1, 0.15) is 11.6 Å². The third kappa shape index (κ3) is 2.42. The summed E-state index contributed by atoms with van der Waals surface area (Å²) in [7, 11) is 0. The minimum atomic E-state index is -0.343. The van der Waals surface area contributed by atoms with Crippen molar-refractivity contribution >= 4 is 11.7 Å². The second-order valence-electron chi connectivity index (χ2n) is 5.09. The van der Waals surface area contributed by atoms with E-state index in [1.165, 1.54) is 0 Å². The fourth-order valence-corrected chi connectivity index (χ4v) is 2.40. The molecule has 0 fully saturated rings. The van der Waals surface area contributed by atoms with Gasteiger partial charge in [0, 0.05) is 5.56 Å². The van der Waals surface area contributed by atoms with Crippen LogP contribution in [0.4, 0.5) is 5.82 Å². The van der Waals surface area contributed by atoms with Crippen LogP contribution in [0.15, 0.2) is 40.9 Å². The second-order valence-corrected chi connectivity index (χ2v) is 5.09. The maximum Gasteiger partial charge on any atom is 0.292 e. The lowest BCUT2D eigenvalue weighted by atomic mass is 10.1. The molecule has 1 amide bonds. The summed E-state index contributed by atoms with van der Waals surface area (Å²) in [5.41, 5.74) is 1.61. The molecular formula is C16H13N3O4. The topological polar surface area (TPSA) is 89.4 Å². The Morgan fingerprint density at radius 2 is 2.09 bits per heavy atom. The minimum absolute atomic E-state index is 0.214. The molecule has 0 aliphatic carbocycles. The highest BCUT2D eigenvalue weighted by atomic mass is 16.7. The predicted octanol–water partition coefficient (Wildman–Crippen LogP) is 2.96. The Morgan fingerprint density at radius 3 is 2.91 bits per heavy atom. The fourth-order valence-electron chi connectivity index (χ4n) is 2.40. The molecule has 0 saturated heterocycles.